The van der Waals surface area contributed by atoms with Gasteiger partial charge in [-0.1, -0.05) is 24.3 Å². The van der Waals surface area contributed by atoms with Gasteiger partial charge in [-0.15, -0.1) is 0 Å². The second-order valence-electron chi connectivity index (χ2n) is 4.23. The van der Waals surface area contributed by atoms with E-state index >= 15 is 0 Å². The fourth-order valence-electron chi connectivity index (χ4n) is 1.95. The number of nitrogen functional groups attached to an aromatic ring is 1. The highest BCUT2D eigenvalue weighted by Gasteiger charge is 2.12. The Bertz CT molecular complexity index is 642. The predicted octanol–water partition coefficient (Wildman–Crippen LogP) is 3.74. The maximum Gasteiger partial charge on any atom is 0.387 e. The van der Waals surface area contributed by atoms with Crippen LogP contribution >= 0.6 is 0 Å². The molecular formula is C15H13F2NO2. The molecule has 0 saturated carbocycles. The maximum absolute atomic E-state index is 12.4. The number of hydrogen-bond acceptors (Lipinski definition) is 3. The van der Waals surface area contributed by atoms with Crippen molar-refractivity contribution in [2.75, 3.05) is 5.73 Å². The van der Waals surface area contributed by atoms with Crippen LogP contribution in [0.3, 0.4) is 0 Å². The van der Waals surface area contributed by atoms with Crippen LogP contribution in [0.5, 0.6) is 5.75 Å². The van der Waals surface area contributed by atoms with Crippen molar-refractivity contribution in [3.05, 3.63) is 48.0 Å². The van der Waals surface area contributed by atoms with E-state index in [1.54, 1.807) is 36.4 Å². The molecule has 0 heterocycles. The summed E-state index contributed by atoms with van der Waals surface area (Å²) in [5.41, 5.74) is 7.62. The van der Waals surface area contributed by atoms with Crippen molar-refractivity contribution in [3.8, 4) is 16.9 Å². The smallest absolute Gasteiger partial charge is 0.387 e. The van der Waals surface area contributed by atoms with E-state index in [0.29, 0.717) is 22.4 Å². The molecule has 0 amide bonds. The molecule has 0 fully saturated rings. The van der Waals surface area contributed by atoms with E-state index in [9.17, 15) is 13.6 Å². The second-order valence-corrected chi connectivity index (χ2v) is 4.23. The van der Waals surface area contributed by atoms with Gasteiger partial charge >= 0.3 is 6.61 Å². The molecule has 0 aliphatic carbocycles. The zero-order chi connectivity index (χ0) is 14.7. The van der Waals surface area contributed by atoms with Gasteiger partial charge in [0, 0.05) is 16.8 Å². The molecule has 0 aromatic heterocycles. The molecule has 0 bridgehead atoms. The standard InChI is InChI=1S/C15H13F2NO2/c1-9(19)11-7-6-10(8-13(11)18)12-4-2-3-5-14(12)20-15(16)17/h2-8,15H,18H2,1H3. The van der Waals surface area contributed by atoms with Gasteiger partial charge in [0.15, 0.2) is 5.78 Å². The number of hydrogen-bond donors (Lipinski definition) is 1. The molecule has 2 N–H and O–H groups in total. The highest BCUT2D eigenvalue weighted by atomic mass is 19.3. The Kier molecular flexibility index (Phi) is 3.98. The molecule has 2 rings (SSSR count). The normalized spacial score (nSPS) is 10.6. The first-order valence-corrected chi connectivity index (χ1v) is 5.93. The number of carbonyl (C=O) groups is 1. The molecule has 104 valence electrons. The Hall–Kier alpha value is -2.43. The van der Waals surface area contributed by atoms with Gasteiger partial charge in [0.2, 0.25) is 0 Å². The third-order valence-electron chi connectivity index (χ3n) is 2.84. The number of rotatable bonds is 4. The Labute approximate surface area is 115 Å². The van der Waals surface area contributed by atoms with E-state index in [-0.39, 0.29) is 11.5 Å². The summed E-state index contributed by atoms with van der Waals surface area (Å²) < 4.78 is 29.2. The van der Waals surface area contributed by atoms with Crippen molar-refractivity contribution < 1.29 is 18.3 Å². The van der Waals surface area contributed by atoms with Gasteiger partial charge < -0.3 is 10.5 Å². The van der Waals surface area contributed by atoms with E-state index in [1.807, 2.05) is 0 Å². The molecule has 5 heteroatoms. The highest BCUT2D eigenvalue weighted by molar-refractivity contribution is 6.00. The van der Waals surface area contributed by atoms with Gasteiger partial charge in [-0.05, 0) is 30.7 Å². The third-order valence-corrected chi connectivity index (χ3v) is 2.84. The maximum atomic E-state index is 12.4. The van der Waals surface area contributed by atoms with Crippen LogP contribution in [0, 0.1) is 0 Å². The fraction of sp³-hybridized carbons (Fsp3) is 0.133. The summed E-state index contributed by atoms with van der Waals surface area (Å²) in [5, 5.41) is 0. The molecule has 2 aromatic rings. The summed E-state index contributed by atoms with van der Waals surface area (Å²) >= 11 is 0. The Morgan fingerprint density at radius 3 is 2.50 bits per heavy atom. The van der Waals surface area contributed by atoms with Crippen molar-refractivity contribution in [1.29, 1.82) is 0 Å². The number of alkyl halides is 2. The Morgan fingerprint density at radius 2 is 1.90 bits per heavy atom. The lowest BCUT2D eigenvalue weighted by Gasteiger charge is -2.12. The summed E-state index contributed by atoms with van der Waals surface area (Å²) in [6.45, 7) is -1.48. The molecule has 0 atom stereocenters. The van der Waals surface area contributed by atoms with E-state index in [4.69, 9.17) is 5.73 Å². The van der Waals surface area contributed by atoms with Crippen LogP contribution in [-0.4, -0.2) is 12.4 Å². The molecule has 3 nitrogen and oxygen atoms in total. The van der Waals surface area contributed by atoms with Gasteiger partial charge in [-0.3, -0.25) is 4.79 Å². The van der Waals surface area contributed by atoms with Gasteiger partial charge in [0.05, 0.1) is 0 Å². The van der Waals surface area contributed by atoms with Crippen molar-refractivity contribution in [3.63, 3.8) is 0 Å². The zero-order valence-electron chi connectivity index (χ0n) is 10.8. The number of benzene rings is 2. The number of ketones is 1. The van der Waals surface area contributed by atoms with E-state index in [0.717, 1.165) is 0 Å². The average molecular weight is 277 g/mol. The lowest BCUT2D eigenvalue weighted by Crippen LogP contribution is -2.03. The number of nitrogens with two attached hydrogens (primary N) is 1. The van der Waals surface area contributed by atoms with Crippen LogP contribution in [0.4, 0.5) is 14.5 Å². The van der Waals surface area contributed by atoms with Crippen molar-refractivity contribution >= 4 is 11.5 Å². The molecule has 0 saturated heterocycles. The summed E-state index contributed by atoms with van der Waals surface area (Å²) in [7, 11) is 0. The van der Waals surface area contributed by atoms with E-state index < -0.39 is 6.61 Å². The number of ether oxygens (including phenoxy) is 1. The first kappa shape index (κ1) is 14.0. The molecule has 0 aliphatic heterocycles. The monoisotopic (exact) mass is 277 g/mol. The molecule has 0 spiro atoms. The highest BCUT2D eigenvalue weighted by Crippen LogP contribution is 2.32. The minimum Gasteiger partial charge on any atom is -0.434 e. The second kappa shape index (κ2) is 5.69. The van der Waals surface area contributed by atoms with E-state index in [2.05, 4.69) is 4.74 Å². The third kappa shape index (κ3) is 2.93. The lowest BCUT2D eigenvalue weighted by molar-refractivity contribution is -0.0494. The Morgan fingerprint density at radius 1 is 1.20 bits per heavy atom. The van der Waals surface area contributed by atoms with Gasteiger partial charge in [-0.25, -0.2) is 0 Å². The van der Waals surface area contributed by atoms with Crippen LogP contribution in [-0.2, 0) is 0 Å². The van der Waals surface area contributed by atoms with Crippen molar-refractivity contribution in [1.82, 2.24) is 0 Å². The van der Waals surface area contributed by atoms with Gasteiger partial charge in [-0.2, -0.15) is 8.78 Å². The summed E-state index contributed by atoms with van der Waals surface area (Å²) in [6, 6.07) is 11.2. The number of halogens is 2. The molecule has 20 heavy (non-hydrogen) atoms. The number of anilines is 1. The largest absolute Gasteiger partial charge is 0.434 e. The first-order valence-electron chi connectivity index (χ1n) is 5.93. The lowest BCUT2D eigenvalue weighted by atomic mass is 10.0. The van der Waals surface area contributed by atoms with E-state index in [1.165, 1.54) is 13.0 Å². The number of Topliss-reactive ketones (excluding diaryl/α,β-unsaturated/α-hetero) is 1. The minimum absolute atomic E-state index is 0.0671. The van der Waals surface area contributed by atoms with Crippen LogP contribution in [0.1, 0.15) is 17.3 Å². The summed E-state index contributed by atoms with van der Waals surface area (Å²) in [4.78, 5) is 11.3. The molecule has 0 aliphatic rings. The number of para-hydroxylation sites is 1. The molecule has 2 aromatic carbocycles. The van der Waals surface area contributed by atoms with Crippen LogP contribution < -0.4 is 10.5 Å². The zero-order valence-corrected chi connectivity index (χ0v) is 10.8. The molecular weight excluding hydrogens is 264 g/mol. The molecule has 0 unspecified atom stereocenters. The van der Waals surface area contributed by atoms with Crippen molar-refractivity contribution in [2.45, 2.75) is 13.5 Å². The summed E-state index contributed by atoms with van der Waals surface area (Å²) in [6.07, 6.45) is 0. The topological polar surface area (TPSA) is 52.3 Å². The van der Waals surface area contributed by atoms with Gasteiger partial charge in [0.1, 0.15) is 5.75 Å². The average Bonchev–Trinajstić information content (AvgIpc) is 2.38. The summed E-state index contributed by atoms with van der Waals surface area (Å²) in [5.74, 6) is -0.0800. The quantitative estimate of drug-likeness (QED) is 0.684. The minimum atomic E-state index is -2.90. The molecule has 0 radical (unpaired) electrons. The van der Waals surface area contributed by atoms with Crippen molar-refractivity contribution in [2.24, 2.45) is 0 Å². The predicted molar refractivity (Wildman–Crippen MR) is 72.9 cm³/mol. The fourth-order valence-corrected chi connectivity index (χ4v) is 1.95. The SMILES string of the molecule is CC(=O)c1ccc(-c2ccccc2OC(F)F)cc1N. The van der Waals surface area contributed by atoms with Crippen LogP contribution in [0.25, 0.3) is 11.1 Å². The van der Waals surface area contributed by atoms with Crippen LogP contribution in [0.2, 0.25) is 0 Å². The van der Waals surface area contributed by atoms with Crippen LogP contribution in [0.15, 0.2) is 42.5 Å². The number of carbonyl (C=O) groups excluding carboxylic acids is 1. The Balaban J connectivity index is 2.46. The first-order chi connectivity index (χ1) is 9.49. The van der Waals surface area contributed by atoms with Gasteiger partial charge in [0.25, 0.3) is 0 Å².